The maximum absolute atomic E-state index is 11.3. The lowest BCUT2D eigenvalue weighted by Gasteiger charge is -2.12. The number of aliphatic hydroxyl groups is 1. The number of aryl methyl sites for hydroxylation is 1. The summed E-state index contributed by atoms with van der Waals surface area (Å²) < 4.78 is 11.8. The Balaban J connectivity index is 1.78. The lowest BCUT2D eigenvalue weighted by Crippen LogP contribution is -2.20. The molecule has 9 heteroatoms. The molecule has 1 heterocycles. The van der Waals surface area contributed by atoms with Crippen molar-refractivity contribution in [3.05, 3.63) is 29.8 Å². The number of carbonyl (C=O) groups is 1. The largest absolute Gasteiger partial charge is 0.491 e. The van der Waals surface area contributed by atoms with Gasteiger partial charge in [0.1, 0.15) is 12.4 Å². The molecule has 1 aromatic heterocycles. The SMILES string of the molecule is CCn1nnnc1SCC(O)COc1ccc(C(=O)OC)cc1. The lowest BCUT2D eigenvalue weighted by atomic mass is 10.2. The van der Waals surface area contributed by atoms with Gasteiger partial charge in [0.25, 0.3) is 0 Å². The Labute approximate surface area is 137 Å². The van der Waals surface area contributed by atoms with Crippen molar-refractivity contribution in [2.45, 2.75) is 24.7 Å². The van der Waals surface area contributed by atoms with Crippen LogP contribution in [0.25, 0.3) is 0 Å². The first-order valence-corrected chi connectivity index (χ1v) is 8.00. The maximum Gasteiger partial charge on any atom is 0.337 e. The van der Waals surface area contributed by atoms with Gasteiger partial charge in [0, 0.05) is 12.3 Å². The number of ether oxygens (including phenoxy) is 2. The van der Waals surface area contributed by atoms with Gasteiger partial charge in [-0.25, -0.2) is 9.48 Å². The molecule has 8 nitrogen and oxygen atoms in total. The molecule has 1 atom stereocenters. The van der Waals surface area contributed by atoms with E-state index in [1.165, 1.54) is 18.9 Å². The molecule has 23 heavy (non-hydrogen) atoms. The molecule has 0 saturated carbocycles. The number of aromatic nitrogens is 4. The molecule has 0 saturated heterocycles. The van der Waals surface area contributed by atoms with Gasteiger partial charge in [-0.2, -0.15) is 0 Å². The molecule has 1 N–H and O–H groups in total. The van der Waals surface area contributed by atoms with Gasteiger partial charge in [-0.05, 0) is 41.6 Å². The van der Waals surface area contributed by atoms with Gasteiger partial charge >= 0.3 is 5.97 Å². The third-order valence-corrected chi connectivity index (χ3v) is 4.02. The summed E-state index contributed by atoms with van der Waals surface area (Å²) in [5.41, 5.74) is 0.447. The molecule has 1 unspecified atom stereocenters. The van der Waals surface area contributed by atoms with Gasteiger partial charge < -0.3 is 14.6 Å². The number of hydrogen-bond donors (Lipinski definition) is 1. The van der Waals surface area contributed by atoms with Crippen LogP contribution in [0.4, 0.5) is 0 Å². The average Bonchev–Trinajstić information content (AvgIpc) is 3.05. The molecule has 0 spiro atoms. The molecule has 0 aliphatic heterocycles. The van der Waals surface area contributed by atoms with E-state index >= 15 is 0 Å². The van der Waals surface area contributed by atoms with Gasteiger partial charge in [0.15, 0.2) is 0 Å². The van der Waals surface area contributed by atoms with Crippen LogP contribution < -0.4 is 4.74 Å². The standard InChI is InChI=1S/C14H18N4O4S/c1-3-18-14(15-16-17-18)23-9-11(19)8-22-12-6-4-10(5-7-12)13(20)21-2/h4-7,11,19H,3,8-9H2,1-2H3. The zero-order valence-electron chi connectivity index (χ0n) is 12.9. The summed E-state index contributed by atoms with van der Waals surface area (Å²) in [5.74, 6) is 0.586. The van der Waals surface area contributed by atoms with E-state index < -0.39 is 12.1 Å². The van der Waals surface area contributed by atoms with Crippen molar-refractivity contribution in [1.29, 1.82) is 0 Å². The second-order valence-corrected chi connectivity index (χ2v) is 5.56. The Hall–Kier alpha value is -2.13. The summed E-state index contributed by atoms with van der Waals surface area (Å²) in [7, 11) is 1.33. The minimum absolute atomic E-state index is 0.137. The summed E-state index contributed by atoms with van der Waals surface area (Å²) in [6, 6.07) is 6.53. The van der Waals surface area contributed by atoms with Crippen LogP contribution in [0.2, 0.25) is 0 Å². The Morgan fingerprint density at radius 1 is 1.39 bits per heavy atom. The van der Waals surface area contributed by atoms with Crippen molar-refractivity contribution >= 4 is 17.7 Å². The van der Waals surface area contributed by atoms with Gasteiger partial charge in [-0.1, -0.05) is 11.8 Å². The van der Waals surface area contributed by atoms with Crippen LogP contribution in [0.15, 0.2) is 29.4 Å². The Morgan fingerprint density at radius 3 is 2.78 bits per heavy atom. The highest BCUT2D eigenvalue weighted by Gasteiger charge is 2.11. The summed E-state index contributed by atoms with van der Waals surface area (Å²) in [5, 5.41) is 21.9. The smallest absolute Gasteiger partial charge is 0.337 e. The number of aliphatic hydroxyl groups excluding tert-OH is 1. The fourth-order valence-electron chi connectivity index (χ4n) is 1.71. The van der Waals surface area contributed by atoms with Crippen molar-refractivity contribution in [3.8, 4) is 5.75 Å². The summed E-state index contributed by atoms with van der Waals surface area (Å²) >= 11 is 1.37. The number of benzene rings is 1. The Morgan fingerprint density at radius 2 is 2.13 bits per heavy atom. The van der Waals surface area contributed by atoms with E-state index in [9.17, 15) is 9.90 Å². The topological polar surface area (TPSA) is 99.4 Å². The molecule has 0 radical (unpaired) electrons. The van der Waals surface area contributed by atoms with Crippen LogP contribution in [0, 0.1) is 0 Å². The second-order valence-electron chi connectivity index (χ2n) is 4.57. The van der Waals surface area contributed by atoms with Crippen LogP contribution in [-0.2, 0) is 11.3 Å². The van der Waals surface area contributed by atoms with Crippen molar-refractivity contribution < 1.29 is 19.4 Å². The van der Waals surface area contributed by atoms with E-state index in [1.54, 1.807) is 28.9 Å². The summed E-state index contributed by atoms with van der Waals surface area (Å²) in [6.45, 7) is 2.75. The molecule has 2 aromatic rings. The highest BCUT2D eigenvalue weighted by atomic mass is 32.2. The van der Waals surface area contributed by atoms with Gasteiger partial charge in [0.05, 0.1) is 18.8 Å². The normalized spacial score (nSPS) is 12.0. The molecular weight excluding hydrogens is 320 g/mol. The average molecular weight is 338 g/mol. The molecule has 0 aliphatic carbocycles. The summed E-state index contributed by atoms with van der Waals surface area (Å²) in [4.78, 5) is 11.3. The number of methoxy groups -OCH3 is 1. The van der Waals surface area contributed by atoms with Gasteiger partial charge in [0.2, 0.25) is 5.16 Å². The third kappa shape index (κ3) is 4.93. The van der Waals surface area contributed by atoms with E-state index in [-0.39, 0.29) is 6.61 Å². The van der Waals surface area contributed by atoms with Crippen LogP contribution in [0.1, 0.15) is 17.3 Å². The number of carbonyl (C=O) groups excluding carboxylic acids is 1. The number of nitrogens with zero attached hydrogens (tertiary/aromatic N) is 4. The second kappa shape index (κ2) is 8.49. The van der Waals surface area contributed by atoms with Crippen LogP contribution in [-0.4, -0.2) is 56.9 Å². The van der Waals surface area contributed by atoms with E-state index in [1.807, 2.05) is 6.92 Å². The fraction of sp³-hybridized carbons (Fsp3) is 0.429. The van der Waals surface area contributed by atoms with E-state index in [4.69, 9.17) is 4.74 Å². The molecule has 0 aliphatic rings. The molecule has 2 rings (SSSR count). The number of rotatable bonds is 8. The Bertz CT molecular complexity index is 632. The predicted molar refractivity (Wildman–Crippen MR) is 83.5 cm³/mol. The molecule has 124 valence electrons. The zero-order chi connectivity index (χ0) is 16.7. The first-order valence-electron chi connectivity index (χ1n) is 7.02. The number of hydrogen-bond acceptors (Lipinski definition) is 8. The zero-order valence-corrected chi connectivity index (χ0v) is 13.7. The van der Waals surface area contributed by atoms with Crippen molar-refractivity contribution in [1.82, 2.24) is 20.2 Å². The fourth-order valence-corrected chi connectivity index (χ4v) is 2.56. The number of esters is 1. The van der Waals surface area contributed by atoms with Crippen LogP contribution in [0.3, 0.4) is 0 Å². The van der Waals surface area contributed by atoms with Crippen LogP contribution >= 0.6 is 11.8 Å². The molecule has 0 amide bonds. The summed E-state index contributed by atoms with van der Waals surface area (Å²) in [6.07, 6.45) is -0.665. The molecule has 1 aromatic carbocycles. The molecular formula is C14H18N4O4S. The van der Waals surface area contributed by atoms with Crippen molar-refractivity contribution in [3.63, 3.8) is 0 Å². The minimum atomic E-state index is -0.665. The Kier molecular flexibility index (Phi) is 6.36. The monoisotopic (exact) mass is 338 g/mol. The third-order valence-electron chi connectivity index (χ3n) is 2.92. The van der Waals surface area contributed by atoms with E-state index in [2.05, 4.69) is 20.3 Å². The van der Waals surface area contributed by atoms with Crippen molar-refractivity contribution in [2.75, 3.05) is 19.5 Å². The minimum Gasteiger partial charge on any atom is -0.491 e. The maximum atomic E-state index is 11.3. The van der Waals surface area contributed by atoms with E-state index in [0.717, 1.165) is 0 Å². The van der Waals surface area contributed by atoms with Crippen LogP contribution in [0.5, 0.6) is 5.75 Å². The number of tetrazole rings is 1. The lowest BCUT2D eigenvalue weighted by molar-refractivity contribution is 0.0600. The first kappa shape index (κ1) is 17.2. The predicted octanol–water partition coefficient (Wildman–Crippen LogP) is 1.01. The van der Waals surface area contributed by atoms with Gasteiger partial charge in [-0.15, -0.1) is 5.10 Å². The first-order chi connectivity index (χ1) is 11.1. The highest BCUT2D eigenvalue weighted by molar-refractivity contribution is 7.99. The van der Waals surface area contributed by atoms with Gasteiger partial charge in [-0.3, -0.25) is 0 Å². The quantitative estimate of drug-likeness (QED) is 0.562. The molecule has 0 fully saturated rings. The highest BCUT2D eigenvalue weighted by Crippen LogP contribution is 2.16. The van der Waals surface area contributed by atoms with E-state index in [0.29, 0.717) is 28.8 Å². The van der Waals surface area contributed by atoms with Crippen molar-refractivity contribution in [2.24, 2.45) is 0 Å². The number of thioether (sulfide) groups is 1. The molecule has 0 bridgehead atoms.